The summed E-state index contributed by atoms with van der Waals surface area (Å²) in [5.74, 6) is 5.77. The van der Waals surface area contributed by atoms with Gasteiger partial charge >= 0.3 is 0 Å². The highest BCUT2D eigenvalue weighted by atomic mass is 32.2. The van der Waals surface area contributed by atoms with Gasteiger partial charge in [-0.05, 0) is 42.5 Å². The third-order valence-corrected chi connectivity index (χ3v) is 3.99. The zero-order valence-corrected chi connectivity index (χ0v) is 15.5. The number of hydrogen-bond donors (Lipinski definition) is 2. The van der Waals surface area contributed by atoms with Crippen molar-refractivity contribution in [1.29, 1.82) is 0 Å². The van der Waals surface area contributed by atoms with Crippen LogP contribution in [-0.4, -0.2) is 45.3 Å². The number of methoxy groups -OCH3 is 1. The van der Waals surface area contributed by atoms with Crippen molar-refractivity contribution in [2.24, 2.45) is 4.99 Å². The first-order valence-corrected chi connectivity index (χ1v) is 9.31. The van der Waals surface area contributed by atoms with Crippen molar-refractivity contribution in [1.82, 2.24) is 10.6 Å². The maximum atomic E-state index is 5.52. The molecule has 1 rings (SSSR count). The Morgan fingerprint density at radius 3 is 2.79 bits per heavy atom. The number of ether oxygens (including phenoxy) is 2. The van der Waals surface area contributed by atoms with E-state index in [1.165, 1.54) is 12.2 Å². The van der Waals surface area contributed by atoms with Crippen LogP contribution in [0, 0.1) is 12.3 Å². The van der Waals surface area contributed by atoms with Crippen molar-refractivity contribution < 1.29 is 9.47 Å². The van der Waals surface area contributed by atoms with Gasteiger partial charge in [0.1, 0.15) is 6.61 Å². The molecule has 0 spiro atoms. The van der Waals surface area contributed by atoms with Gasteiger partial charge in [-0.1, -0.05) is 12.0 Å². The smallest absolute Gasteiger partial charge is 0.191 e. The monoisotopic (exact) mass is 349 g/mol. The Bertz CT molecular complexity index is 556. The molecule has 2 N–H and O–H groups in total. The topological polar surface area (TPSA) is 54.9 Å². The fourth-order valence-electron chi connectivity index (χ4n) is 2.05. The Hall–Kier alpha value is -2.00. The number of rotatable bonds is 10. The van der Waals surface area contributed by atoms with Crippen LogP contribution in [-0.2, 0) is 6.54 Å². The number of nitrogens with zero attached hydrogens (tertiary/aromatic N) is 1. The molecule has 0 fully saturated rings. The van der Waals surface area contributed by atoms with Gasteiger partial charge in [0.05, 0.1) is 7.11 Å². The minimum Gasteiger partial charge on any atom is -0.493 e. The number of guanidine groups is 1. The lowest BCUT2D eigenvalue weighted by atomic mass is 10.2. The van der Waals surface area contributed by atoms with Gasteiger partial charge in [0, 0.05) is 20.1 Å². The number of thioether (sulfide) groups is 1. The van der Waals surface area contributed by atoms with Gasteiger partial charge in [-0.2, -0.15) is 11.8 Å². The predicted molar refractivity (Wildman–Crippen MR) is 103 cm³/mol. The predicted octanol–water partition coefficient (Wildman–Crippen LogP) is 2.52. The van der Waals surface area contributed by atoms with Gasteiger partial charge in [0.2, 0.25) is 0 Å². The Labute approximate surface area is 149 Å². The van der Waals surface area contributed by atoms with Gasteiger partial charge in [0.25, 0.3) is 0 Å². The SMILES string of the molecule is C#CCOc1cc(CNC(=NC)NCCCCSC)ccc1OC. The molecule has 0 amide bonds. The molecule has 1 aromatic rings. The van der Waals surface area contributed by atoms with E-state index in [1.807, 2.05) is 30.0 Å². The summed E-state index contributed by atoms with van der Waals surface area (Å²) in [6, 6.07) is 5.79. The third kappa shape index (κ3) is 7.51. The van der Waals surface area contributed by atoms with Gasteiger partial charge in [-0.3, -0.25) is 4.99 Å². The molecule has 5 nitrogen and oxygen atoms in total. The lowest BCUT2D eigenvalue weighted by molar-refractivity contribution is 0.330. The second kappa shape index (κ2) is 12.4. The van der Waals surface area contributed by atoms with Crippen LogP contribution in [0.25, 0.3) is 0 Å². The molecule has 0 saturated carbocycles. The van der Waals surface area contributed by atoms with Crippen LogP contribution in [0.1, 0.15) is 18.4 Å². The van der Waals surface area contributed by atoms with Crippen LogP contribution in [0.4, 0.5) is 0 Å². The summed E-state index contributed by atoms with van der Waals surface area (Å²) in [4.78, 5) is 4.23. The molecule has 132 valence electrons. The van der Waals surface area contributed by atoms with E-state index in [2.05, 4.69) is 27.8 Å². The van der Waals surface area contributed by atoms with E-state index >= 15 is 0 Å². The number of benzene rings is 1. The van der Waals surface area contributed by atoms with Crippen molar-refractivity contribution in [2.45, 2.75) is 19.4 Å². The van der Waals surface area contributed by atoms with E-state index in [4.69, 9.17) is 15.9 Å². The fraction of sp³-hybridized carbons (Fsp3) is 0.500. The Kier molecular flexibility index (Phi) is 10.4. The molecule has 0 bridgehead atoms. The summed E-state index contributed by atoms with van der Waals surface area (Å²) in [6.45, 7) is 1.77. The Balaban J connectivity index is 2.51. The van der Waals surface area contributed by atoms with Gasteiger partial charge < -0.3 is 20.1 Å². The number of nitrogens with one attached hydrogen (secondary N) is 2. The molecule has 0 saturated heterocycles. The third-order valence-electron chi connectivity index (χ3n) is 3.29. The van der Waals surface area contributed by atoms with Crippen LogP contribution < -0.4 is 20.1 Å². The first-order valence-electron chi connectivity index (χ1n) is 7.91. The first-order chi connectivity index (χ1) is 11.7. The van der Waals surface area contributed by atoms with E-state index in [0.717, 1.165) is 24.5 Å². The summed E-state index contributed by atoms with van der Waals surface area (Å²) in [5.41, 5.74) is 1.06. The van der Waals surface area contributed by atoms with Crippen molar-refractivity contribution >= 4 is 17.7 Å². The van der Waals surface area contributed by atoms with Crippen LogP contribution in [0.2, 0.25) is 0 Å². The summed E-state index contributed by atoms with van der Waals surface area (Å²) in [6.07, 6.45) is 9.72. The lowest BCUT2D eigenvalue weighted by Gasteiger charge is -2.14. The van der Waals surface area contributed by atoms with Crippen molar-refractivity contribution in [2.75, 3.05) is 39.3 Å². The zero-order valence-electron chi connectivity index (χ0n) is 14.7. The summed E-state index contributed by atoms with van der Waals surface area (Å²) in [7, 11) is 3.38. The highest BCUT2D eigenvalue weighted by molar-refractivity contribution is 7.98. The molecule has 0 atom stereocenters. The van der Waals surface area contributed by atoms with E-state index < -0.39 is 0 Å². The minimum absolute atomic E-state index is 0.215. The van der Waals surface area contributed by atoms with Gasteiger partial charge in [0.15, 0.2) is 17.5 Å². The summed E-state index contributed by atoms with van der Waals surface area (Å²) in [5, 5.41) is 6.61. The molecule has 0 aliphatic carbocycles. The molecule has 6 heteroatoms. The Morgan fingerprint density at radius 2 is 2.12 bits per heavy atom. The molecule has 0 aromatic heterocycles. The Morgan fingerprint density at radius 1 is 1.29 bits per heavy atom. The normalized spacial score (nSPS) is 10.8. The molecule has 24 heavy (non-hydrogen) atoms. The fourth-order valence-corrected chi connectivity index (χ4v) is 2.54. The van der Waals surface area contributed by atoms with Crippen LogP contribution >= 0.6 is 11.8 Å². The van der Waals surface area contributed by atoms with Gasteiger partial charge in [-0.15, -0.1) is 6.42 Å². The number of aliphatic imine (C=N–C) groups is 1. The lowest BCUT2D eigenvalue weighted by Crippen LogP contribution is -2.37. The minimum atomic E-state index is 0.215. The first kappa shape index (κ1) is 20.0. The standard InChI is InChI=1S/C18H27N3O2S/c1-5-11-23-17-13-15(8-9-16(17)22-3)14-21-18(19-2)20-10-6-7-12-24-4/h1,8-9,13H,6-7,10-12,14H2,2-4H3,(H2,19,20,21). The highest BCUT2D eigenvalue weighted by Gasteiger charge is 2.06. The van der Waals surface area contributed by atoms with Crippen LogP contribution in [0.5, 0.6) is 11.5 Å². The number of hydrogen-bond acceptors (Lipinski definition) is 4. The van der Waals surface area contributed by atoms with E-state index in [0.29, 0.717) is 18.0 Å². The molecular formula is C18H27N3O2S. The summed E-state index contributed by atoms with van der Waals surface area (Å²) < 4.78 is 10.8. The van der Waals surface area contributed by atoms with Crippen molar-refractivity contribution in [3.63, 3.8) is 0 Å². The van der Waals surface area contributed by atoms with Gasteiger partial charge in [-0.25, -0.2) is 0 Å². The highest BCUT2D eigenvalue weighted by Crippen LogP contribution is 2.27. The average Bonchev–Trinajstić information content (AvgIpc) is 2.62. The van der Waals surface area contributed by atoms with E-state index in [-0.39, 0.29) is 6.61 Å². The zero-order chi connectivity index (χ0) is 17.6. The number of terminal acetylenes is 1. The second-order valence-corrected chi connectivity index (χ2v) is 6.02. The van der Waals surface area contributed by atoms with E-state index in [9.17, 15) is 0 Å². The quantitative estimate of drug-likeness (QED) is 0.294. The maximum absolute atomic E-state index is 5.52. The van der Waals surface area contributed by atoms with Crippen LogP contribution in [0.3, 0.4) is 0 Å². The largest absolute Gasteiger partial charge is 0.493 e. The molecule has 0 radical (unpaired) electrons. The summed E-state index contributed by atoms with van der Waals surface area (Å²) >= 11 is 1.88. The molecule has 0 aliphatic rings. The molecule has 0 unspecified atom stereocenters. The van der Waals surface area contributed by atoms with Crippen molar-refractivity contribution in [3.05, 3.63) is 23.8 Å². The maximum Gasteiger partial charge on any atom is 0.191 e. The van der Waals surface area contributed by atoms with Crippen molar-refractivity contribution in [3.8, 4) is 23.8 Å². The molecule has 1 aromatic carbocycles. The molecule has 0 aliphatic heterocycles. The molecule has 0 heterocycles. The van der Waals surface area contributed by atoms with Crippen LogP contribution in [0.15, 0.2) is 23.2 Å². The average molecular weight is 350 g/mol. The second-order valence-electron chi connectivity index (χ2n) is 5.03. The van der Waals surface area contributed by atoms with E-state index in [1.54, 1.807) is 14.2 Å². The number of unbranched alkanes of at least 4 members (excludes halogenated alkanes) is 1. The molecular weight excluding hydrogens is 322 g/mol.